The van der Waals surface area contributed by atoms with Crippen molar-refractivity contribution in [3.8, 4) is 0 Å². The van der Waals surface area contributed by atoms with E-state index in [2.05, 4.69) is 31.9 Å². The second-order valence-corrected chi connectivity index (χ2v) is 4.89. The molecule has 1 aliphatic carbocycles. The Hall–Kier alpha value is 0.430. The number of rotatable bonds is 1. The Bertz CT molecular complexity index is 139. The van der Waals surface area contributed by atoms with Gasteiger partial charge in [0.15, 0.2) is 0 Å². The van der Waals surface area contributed by atoms with Crippen LogP contribution in [0, 0.1) is 5.92 Å². The van der Waals surface area contributed by atoms with Gasteiger partial charge in [0.1, 0.15) is 0 Å². The van der Waals surface area contributed by atoms with Crippen LogP contribution >= 0.6 is 31.9 Å². The first-order chi connectivity index (χ1) is 4.61. The fraction of sp³-hybridized carbons (Fsp3) is 0.833. The number of aliphatic carboxylic acids is 1. The lowest BCUT2D eigenvalue weighted by Crippen LogP contribution is -2.09. The third kappa shape index (κ3) is 1.72. The lowest BCUT2D eigenvalue weighted by atomic mass is 10.1. The Labute approximate surface area is 76.2 Å². The summed E-state index contributed by atoms with van der Waals surface area (Å²) in [5.74, 6) is -0.833. The van der Waals surface area contributed by atoms with E-state index in [1.54, 1.807) is 0 Å². The summed E-state index contributed by atoms with van der Waals surface area (Å²) in [4.78, 5) is 11.1. The van der Waals surface area contributed by atoms with Crippen molar-refractivity contribution in [2.24, 2.45) is 5.92 Å². The Morgan fingerprint density at radius 1 is 1.30 bits per heavy atom. The van der Waals surface area contributed by atoms with E-state index in [9.17, 15) is 4.79 Å². The first kappa shape index (κ1) is 8.53. The van der Waals surface area contributed by atoms with Crippen molar-refractivity contribution in [1.82, 2.24) is 0 Å². The predicted molar refractivity (Wildman–Crippen MR) is 45.8 cm³/mol. The van der Waals surface area contributed by atoms with E-state index in [1.165, 1.54) is 0 Å². The average Bonchev–Trinajstić information content (AvgIpc) is 2.13. The molecule has 0 heterocycles. The zero-order valence-corrected chi connectivity index (χ0v) is 8.43. The molecule has 1 N–H and O–H groups in total. The Balaban J connectivity index is 2.49. The van der Waals surface area contributed by atoms with E-state index in [1.807, 2.05) is 0 Å². The molecule has 0 amide bonds. The Morgan fingerprint density at radius 3 is 1.90 bits per heavy atom. The fourth-order valence-electron chi connectivity index (χ4n) is 1.14. The van der Waals surface area contributed by atoms with Crippen molar-refractivity contribution in [2.75, 3.05) is 0 Å². The number of carbonyl (C=O) groups is 1. The Morgan fingerprint density at radius 2 is 1.70 bits per heavy atom. The monoisotopic (exact) mass is 270 g/mol. The second-order valence-electron chi connectivity index (χ2n) is 2.54. The van der Waals surface area contributed by atoms with Gasteiger partial charge < -0.3 is 5.11 Å². The summed E-state index contributed by atoms with van der Waals surface area (Å²) in [6.07, 6.45) is 1.48. The molecule has 0 aromatic rings. The highest BCUT2D eigenvalue weighted by molar-refractivity contribution is 9.12. The molecule has 1 saturated carbocycles. The van der Waals surface area contributed by atoms with Gasteiger partial charge in [-0.05, 0) is 12.8 Å². The third-order valence-corrected chi connectivity index (χ3v) is 4.49. The molecule has 0 unspecified atom stereocenters. The summed E-state index contributed by atoms with van der Waals surface area (Å²) in [5.41, 5.74) is 0. The van der Waals surface area contributed by atoms with Crippen molar-refractivity contribution in [2.45, 2.75) is 22.5 Å². The van der Waals surface area contributed by atoms with Crippen LogP contribution in [0.2, 0.25) is 0 Å². The fourth-order valence-corrected chi connectivity index (χ4v) is 2.47. The first-order valence-corrected chi connectivity index (χ1v) is 4.95. The molecule has 0 aromatic carbocycles. The van der Waals surface area contributed by atoms with E-state index < -0.39 is 5.97 Å². The summed E-state index contributed by atoms with van der Waals surface area (Å²) in [5, 5.41) is 8.61. The zero-order valence-electron chi connectivity index (χ0n) is 5.26. The molecule has 0 bridgehead atoms. The number of hydrogen-bond acceptors (Lipinski definition) is 1. The molecular weight excluding hydrogens is 264 g/mol. The van der Waals surface area contributed by atoms with Gasteiger partial charge in [0.05, 0.1) is 5.92 Å². The van der Waals surface area contributed by atoms with Gasteiger partial charge in [0, 0.05) is 9.65 Å². The molecule has 58 valence electrons. The van der Waals surface area contributed by atoms with Gasteiger partial charge in [0.25, 0.3) is 0 Å². The van der Waals surface area contributed by atoms with E-state index in [4.69, 9.17) is 5.11 Å². The van der Waals surface area contributed by atoms with Crippen LogP contribution in [0.5, 0.6) is 0 Å². The highest BCUT2D eigenvalue weighted by Crippen LogP contribution is 2.35. The molecule has 0 aromatic heterocycles. The van der Waals surface area contributed by atoms with Gasteiger partial charge in [-0.25, -0.2) is 0 Å². The largest absolute Gasteiger partial charge is 0.481 e. The summed E-state index contributed by atoms with van der Waals surface area (Å²) in [6.45, 7) is 0. The molecule has 2 nitrogen and oxygen atoms in total. The number of hydrogen-bond donors (Lipinski definition) is 1. The SMILES string of the molecule is O=C(O)C1C[C@H](Br)[C@@H](Br)C1. The summed E-state index contributed by atoms with van der Waals surface area (Å²) in [6, 6.07) is 0. The molecule has 0 aliphatic heterocycles. The van der Waals surface area contributed by atoms with Gasteiger partial charge in [-0.2, -0.15) is 0 Å². The molecule has 0 radical (unpaired) electrons. The maximum Gasteiger partial charge on any atom is 0.306 e. The lowest BCUT2D eigenvalue weighted by Gasteiger charge is -2.00. The molecular formula is C6H8Br2O2. The standard InChI is InChI=1S/C6H8Br2O2/c7-4-1-3(6(9)10)2-5(4)8/h3-5H,1-2H2,(H,9,10)/t4-,5-/m0/s1. The molecule has 1 rings (SSSR count). The van der Waals surface area contributed by atoms with Crippen LogP contribution in [0.1, 0.15) is 12.8 Å². The van der Waals surface area contributed by atoms with Gasteiger partial charge in [-0.3, -0.25) is 4.79 Å². The van der Waals surface area contributed by atoms with Gasteiger partial charge in [-0.15, -0.1) is 0 Å². The molecule has 10 heavy (non-hydrogen) atoms. The van der Waals surface area contributed by atoms with Crippen LogP contribution in [0.25, 0.3) is 0 Å². The highest BCUT2D eigenvalue weighted by atomic mass is 79.9. The van der Waals surface area contributed by atoms with E-state index in [0.29, 0.717) is 9.65 Å². The van der Waals surface area contributed by atoms with Crippen LogP contribution in [0.4, 0.5) is 0 Å². The van der Waals surface area contributed by atoms with Crippen molar-refractivity contribution >= 4 is 37.8 Å². The molecule has 1 aliphatic rings. The molecule has 0 saturated heterocycles. The normalized spacial score (nSPS) is 34.6. The number of carboxylic acid groups (broad SMARTS) is 1. The number of alkyl halides is 2. The minimum atomic E-state index is -0.675. The van der Waals surface area contributed by atoms with E-state index in [0.717, 1.165) is 12.8 Å². The summed E-state index contributed by atoms with van der Waals surface area (Å²) < 4.78 is 0. The van der Waals surface area contributed by atoms with Crippen molar-refractivity contribution in [1.29, 1.82) is 0 Å². The number of carboxylic acids is 1. The maximum absolute atomic E-state index is 10.5. The molecule has 0 spiro atoms. The van der Waals surface area contributed by atoms with E-state index in [-0.39, 0.29) is 5.92 Å². The van der Waals surface area contributed by atoms with Gasteiger partial charge >= 0.3 is 5.97 Å². The van der Waals surface area contributed by atoms with E-state index >= 15 is 0 Å². The van der Waals surface area contributed by atoms with Crippen LogP contribution in [-0.4, -0.2) is 20.7 Å². The lowest BCUT2D eigenvalue weighted by molar-refractivity contribution is -0.141. The van der Waals surface area contributed by atoms with Gasteiger partial charge in [0.2, 0.25) is 0 Å². The molecule has 1 fully saturated rings. The predicted octanol–water partition coefficient (Wildman–Crippen LogP) is 2.01. The average molecular weight is 272 g/mol. The van der Waals surface area contributed by atoms with Crippen molar-refractivity contribution < 1.29 is 9.90 Å². The number of halogens is 2. The highest BCUT2D eigenvalue weighted by Gasteiger charge is 2.34. The Kier molecular flexibility index (Phi) is 2.74. The summed E-state index contributed by atoms with van der Waals surface area (Å²) in [7, 11) is 0. The van der Waals surface area contributed by atoms with Crippen LogP contribution < -0.4 is 0 Å². The van der Waals surface area contributed by atoms with Crippen molar-refractivity contribution in [3.63, 3.8) is 0 Å². The smallest absolute Gasteiger partial charge is 0.306 e. The van der Waals surface area contributed by atoms with Crippen LogP contribution in [0.15, 0.2) is 0 Å². The van der Waals surface area contributed by atoms with Crippen LogP contribution in [0.3, 0.4) is 0 Å². The summed E-state index contributed by atoms with van der Waals surface area (Å²) >= 11 is 6.80. The third-order valence-electron chi connectivity index (χ3n) is 1.76. The quantitative estimate of drug-likeness (QED) is 0.741. The molecule has 4 heteroatoms. The first-order valence-electron chi connectivity index (χ1n) is 3.12. The minimum absolute atomic E-state index is 0.159. The second kappa shape index (κ2) is 3.22. The van der Waals surface area contributed by atoms with Crippen molar-refractivity contribution in [3.05, 3.63) is 0 Å². The maximum atomic E-state index is 10.5. The zero-order chi connectivity index (χ0) is 7.72. The topological polar surface area (TPSA) is 37.3 Å². The minimum Gasteiger partial charge on any atom is -0.481 e. The van der Waals surface area contributed by atoms with Gasteiger partial charge in [-0.1, -0.05) is 31.9 Å². The van der Waals surface area contributed by atoms with Crippen LogP contribution in [-0.2, 0) is 4.79 Å². The molecule has 2 atom stereocenters.